The molecule has 0 atom stereocenters. The summed E-state index contributed by atoms with van der Waals surface area (Å²) in [5.74, 6) is -0.214. The Bertz CT molecular complexity index is 769. The monoisotopic (exact) mass is 368 g/mol. The van der Waals surface area contributed by atoms with Crippen LogP contribution in [0.1, 0.15) is 36.5 Å². The zero-order chi connectivity index (χ0) is 19.2. The molecule has 0 aliphatic carbocycles. The van der Waals surface area contributed by atoms with Gasteiger partial charge >= 0.3 is 0 Å². The summed E-state index contributed by atoms with van der Waals surface area (Å²) in [7, 11) is 0. The van der Waals surface area contributed by atoms with Gasteiger partial charge in [-0.1, -0.05) is 25.1 Å². The number of piperidine rings is 1. The van der Waals surface area contributed by atoms with Crippen molar-refractivity contribution in [2.45, 2.75) is 32.2 Å². The van der Waals surface area contributed by atoms with Gasteiger partial charge in [-0.3, -0.25) is 14.5 Å². The summed E-state index contributed by atoms with van der Waals surface area (Å²) in [6.45, 7) is 3.73. The Morgan fingerprint density at radius 3 is 2.26 bits per heavy atom. The molecule has 0 bridgehead atoms. The van der Waals surface area contributed by atoms with Crippen LogP contribution < -0.4 is 4.90 Å². The van der Waals surface area contributed by atoms with Crippen LogP contribution in [0.3, 0.4) is 0 Å². The number of hydrogen-bond acceptors (Lipinski definition) is 3. The molecule has 1 amide bonds. The van der Waals surface area contributed by atoms with Gasteiger partial charge in [0, 0.05) is 36.8 Å². The Hall–Kier alpha value is -2.53. The van der Waals surface area contributed by atoms with Crippen molar-refractivity contribution >= 4 is 17.4 Å². The quantitative estimate of drug-likeness (QED) is 0.726. The van der Waals surface area contributed by atoms with Gasteiger partial charge in [0.2, 0.25) is 5.91 Å². The lowest BCUT2D eigenvalue weighted by Gasteiger charge is -2.38. The van der Waals surface area contributed by atoms with E-state index in [1.807, 2.05) is 42.2 Å². The van der Waals surface area contributed by atoms with Gasteiger partial charge in [0.05, 0.1) is 6.54 Å². The van der Waals surface area contributed by atoms with E-state index in [0.717, 1.165) is 31.6 Å². The Morgan fingerprint density at radius 2 is 1.67 bits per heavy atom. The smallest absolute Gasteiger partial charge is 0.226 e. The lowest BCUT2D eigenvalue weighted by molar-refractivity contribution is -0.119. The van der Waals surface area contributed by atoms with E-state index in [-0.39, 0.29) is 23.5 Å². The first-order valence-corrected chi connectivity index (χ1v) is 9.46. The number of halogens is 1. The average molecular weight is 368 g/mol. The van der Waals surface area contributed by atoms with Gasteiger partial charge in [-0.2, -0.15) is 0 Å². The second-order valence-electron chi connectivity index (χ2n) is 6.89. The molecule has 0 N–H and O–H groups in total. The maximum Gasteiger partial charge on any atom is 0.226 e. The van der Waals surface area contributed by atoms with Crippen LogP contribution in [0.5, 0.6) is 0 Å². The Morgan fingerprint density at radius 1 is 1.04 bits per heavy atom. The average Bonchev–Trinajstić information content (AvgIpc) is 2.70. The fourth-order valence-corrected chi connectivity index (χ4v) is 3.58. The summed E-state index contributed by atoms with van der Waals surface area (Å²) in [6.07, 6.45) is 2.13. The lowest BCUT2D eigenvalue weighted by Crippen LogP contribution is -2.48. The second-order valence-corrected chi connectivity index (χ2v) is 6.89. The highest BCUT2D eigenvalue weighted by Gasteiger charge is 2.29. The van der Waals surface area contributed by atoms with Gasteiger partial charge in [0.1, 0.15) is 5.82 Å². The van der Waals surface area contributed by atoms with Crippen molar-refractivity contribution in [2.75, 3.05) is 24.5 Å². The number of para-hydroxylation sites is 1. The molecule has 1 aliphatic heterocycles. The molecular formula is C22H25FN2O2. The highest BCUT2D eigenvalue weighted by molar-refractivity contribution is 5.97. The van der Waals surface area contributed by atoms with E-state index in [0.29, 0.717) is 18.5 Å². The molecule has 0 saturated carbocycles. The molecule has 1 aliphatic rings. The summed E-state index contributed by atoms with van der Waals surface area (Å²) < 4.78 is 13.0. The van der Waals surface area contributed by atoms with Crippen LogP contribution in [0.15, 0.2) is 54.6 Å². The molecular weight excluding hydrogens is 343 g/mol. The molecule has 3 rings (SSSR count). The van der Waals surface area contributed by atoms with Gasteiger partial charge in [0.25, 0.3) is 0 Å². The van der Waals surface area contributed by atoms with Crippen molar-refractivity contribution in [3.63, 3.8) is 0 Å². The molecule has 0 spiro atoms. The standard InChI is InChI=1S/C22H25FN2O2/c1-2-22(27)25(19-6-4-3-5-7-19)20-12-14-24(15-13-20)16-21(26)17-8-10-18(23)11-9-17/h3-11,20H,2,12-16H2,1H3. The van der Waals surface area contributed by atoms with E-state index in [1.165, 1.54) is 24.3 Å². The molecule has 2 aromatic rings. The number of hydrogen-bond donors (Lipinski definition) is 0. The number of Topliss-reactive ketones (excluding diaryl/α,β-unsaturated/α-hetero) is 1. The predicted octanol–water partition coefficient (Wildman–Crippen LogP) is 3.92. The van der Waals surface area contributed by atoms with Gasteiger partial charge in [-0.05, 0) is 49.2 Å². The van der Waals surface area contributed by atoms with E-state index in [2.05, 4.69) is 4.90 Å². The van der Waals surface area contributed by atoms with Crippen molar-refractivity contribution in [1.82, 2.24) is 4.90 Å². The molecule has 0 aromatic heterocycles. The summed E-state index contributed by atoms with van der Waals surface area (Å²) in [4.78, 5) is 28.9. The van der Waals surface area contributed by atoms with E-state index < -0.39 is 0 Å². The Balaban J connectivity index is 1.60. The molecule has 1 saturated heterocycles. The zero-order valence-electron chi connectivity index (χ0n) is 15.6. The highest BCUT2D eigenvalue weighted by atomic mass is 19.1. The van der Waals surface area contributed by atoms with Crippen LogP contribution in [0.4, 0.5) is 10.1 Å². The Kier molecular flexibility index (Phi) is 6.35. The SMILES string of the molecule is CCC(=O)N(c1ccccc1)C1CCN(CC(=O)c2ccc(F)cc2)CC1. The van der Waals surface area contributed by atoms with Gasteiger partial charge < -0.3 is 4.90 Å². The van der Waals surface area contributed by atoms with Crippen molar-refractivity contribution in [1.29, 1.82) is 0 Å². The number of carbonyl (C=O) groups is 2. The van der Waals surface area contributed by atoms with Crippen LogP contribution in [0.25, 0.3) is 0 Å². The first-order chi connectivity index (χ1) is 13.1. The fraction of sp³-hybridized carbons (Fsp3) is 0.364. The highest BCUT2D eigenvalue weighted by Crippen LogP contribution is 2.24. The molecule has 4 nitrogen and oxygen atoms in total. The minimum absolute atomic E-state index is 0.00185. The van der Waals surface area contributed by atoms with Crippen LogP contribution in [0, 0.1) is 5.82 Å². The summed E-state index contributed by atoms with van der Waals surface area (Å²) in [5, 5.41) is 0. The number of anilines is 1. The third-order valence-electron chi connectivity index (χ3n) is 5.06. The van der Waals surface area contributed by atoms with Gasteiger partial charge in [0.15, 0.2) is 5.78 Å². The fourth-order valence-electron chi connectivity index (χ4n) is 3.58. The number of nitrogens with zero attached hydrogens (tertiary/aromatic N) is 2. The zero-order valence-corrected chi connectivity index (χ0v) is 15.6. The van der Waals surface area contributed by atoms with Crippen molar-refractivity contribution < 1.29 is 14.0 Å². The lowest BCUT2D eigenvalue weighted by atomic mass is 10.0. The van der Waals surface area contributed by atoms with Gasteiger partial charge in [-0.15, -0.1) is 0 Å². The van der Waals surface area contributed by atoms with Crippen LogP contribution in [-0.4, -0.2) is 42.3 Å². The number of benzene rings is 2. The minimum atomic E-state index is -0.339. The third-order valence-corrected chi connectivity index (χ3v) is 5.06. The van der Waals surface area contributed by atoms with Crippen LogP contribution in [0.2, 0.25) is 0 Å². The molecule has 0 radical (unpaired) electrons. The summed E-state index contributed by atoms with van der Waals surface area (Å²) >= 11 is 0. The number of rotatable bonds is 6. The Labute approximate surface area is 159 Å². The number of likely N-dealkylation sites (tertiary alicyclic amines) is 1. The van der Waals surface area contributed by atoms with E-state index in [9.17, 15) is 14.0 Å². The molecule has 142 valence electrons. The first kappa shape index (κ1) is 19.2. The minimum Gasteiger partial charge on any atom is -0.309 e. The molecule has 27 heavy (non-hydrogen) atoms. The maximum absolute atomic E-state index is 13.0. The molecule has 1 fully saturated rings. The summed E-state index contributed by atoms with van der Waals surface area (Å²) in [6, 6.07) is 15.6. The van der Waals surface area contributed by atoms with E-state index >= 15 is 0 Å². The van der Waals surface area contributed by atoms with Gasteiger partial charge in [-0.25, -0.2) is 4.39 Å². The topological polar surface area (TPSA) is 40.6 Å². The van der Waals surface area contributed by atoms with Crippen LogP contribution >= 0.6 is 0 Å². The molecule has 0 unspecified atom stereocenters. The van der Waals surface area contributed by atoms with Crippen molar-refractivity contribution in [2.24, 2.45) is 0 Å². The number of amides is 1. The largest absolute Gasteiger partial charge is 0.309 e. The normalized spacial score (nSPS) is 15.5. The second kappa shape index (κ2) is 8.91. The molecule has 5 heteroatoms. The maximum atomic E-state index is 13.0. The number of carbonyl (C=O) groups excluding carboxylic acids is 2. The molecule has 1 heterocycles. The molecule has 2 aromatic carbocycles. The summed E-state index contributed by atoms with van der Waals surface area (Å²) in [5.41, 5.74) is 1.47. The van der Waals surface area contributed by atoms with E-state index in [4.69, 9.17) is 0 Å². The van der Waals surface area contributed by atoms with Crippen molar-refractivity contribution in [3.05, 3.63) is 66.0 Å². The first-order valence-electron chi connectivity index (χ1n) is 9.46. The predicted molar refractivity (Wildman–Crippen MR) is 104 cm³/mol. The third kappa shape index (κ3) is 4.80. The van der Waals surface area contributed by atoms with Crippen LogP contribution in [-0.2, 0) is 4.79 Å². The number of ketones is 1. The van der Waals surface area contributed by atoms with Crippen molar-refractivity contribution in [3.8, 4) is 0 Å². The van der Waals surface area contributed by atoms with E-state index in [1.54, 1.807) is 0 Å².